The Labute approximate surface area is 196 Å². The number of carbonyl (C=O) groups excluding carboxylic acids is 1. The molecule has 0 aliphatic carbocycles. The highest BCUT2D eigenvalue weighted by Gasteiger charge is 2.34. The van der Waals surface area contributed by atoms with Crippen LogP contribution in [0.1, 0.15) is 22.7 Å². The molecule has 0 spiro atoms. The summed E-state index contributed by atoms with van der Waals surface area (Å²) in [6.45, 7) is 1.74. The van der Waals surface area contributed by atoms with Crippen LogP contribution in [0.2, 0.25) is 0 Å². The number of aryl methyl sites for hydroxylation is 1. The Morgan fingerprint density at radius 2 is 1.91 bits per heavy atom. The molecule has 2 heterocycles. The van der Waals surface area contributed by atoms with Gasteiger partial charge in [-0.1, -0.05) is 69.7 Å². The van der Waals surface area contributed by atoms with Crippen molar-refractivity contribution in [3.63, 3.8) is 0 Å². The number of nitriles is 1. The van der Waals surface area contributed by atoms with Gasteiger partial charge >= 0.3 is 0 Å². The maximum absolute atomic E-state index is 13.5. The van der Waals surface area contributed by atoms with Crippen LogP contribution in [0.25, 0.3) is 15.6 Å². The minimum absolute atomic E-state index is 0.321. The lowest BCUT2D eigenvalue weighted by molar-refractivity contribution is -0.120. The standard InChI is InChI=1S/C23H18BrN5O2S/c1-13-19(20(17(11-25)21(26)30)15-5-3-2-4-6-15)22(31)29(28-13)23-27-12-18(32-23)14-7-9-16(24)10-8-14/h2-10,12,17,20,28H,1H3,(H2,26,30)/t17-,20-/m1/s1. The second-order valence-corrected chi connectivity index (χ2v) is 9.13. The first-order valence-corrected chi connectivity index (χ1v) is 11.3. The number of amides is 1. The Bertz CT molecular complexity index is 1370. The van der Waals surface area contributed by atoms with E-state index in [1.165, 1.54) is 16.0 Å². The van der Waals surface area contributed by atoms with E-state index in [1.54, 1.807) is 37.4 Å². The summed E-state index contributed by atoms with van der Waals surface area (Å²) in [7, 11) is 0. The van der Waals surface area contributed by atoms with E-state index in [4.69, 9.17) is 5.73 Å². The fourth-order valence-electron chi connectivity index (χ4n) is 3.66. The van der Waals surface area contributed by atoms with E-state index in [1.807, 2.05) is 36.4 Å². The molecule has 4 aromatic rings. The first kappa shape index (κ1) is 21.7. The van der Waals surface area contributed by atoms with Crippen LogP contribution in [-0.4, -0.2) is 20.7 Å². The second-order valence-electron chi connectivity index (χ2n) is 7.20. The number of nitrogens with one attached hydrogen (secondary N) is 1. The summed E-state index contributed by atoms with van der Waals surface area (Å²) in [4.78, 5) is 30.9. The molecule has 0 radical (unpaired) electrons. The van der Waals surface area contributed by atoms with Crippen molar-refractivity contribution in [1.82, 2.24) is 14.8 Å². The first-order chi connectivity index (χ1) is 15.4. The molecule has 0 unspecified atom stereocenters. The minimum atomic E-state index is -1.19. The Kier molecular flexibility index (Phi) is 6.08. The third-order valence-electron chi connectivity index (χ3n) is 5.18. The third-order valence-corrected chi connectivity index (χ3v) is 6.74. The Morgan fingerprint density at radius 1 is 1.22 bits per heavy atom. The molecular formula is C23H18BrN5O2S. The average molecular weight is 508 g/mol. The number of hydrogen-bond donors (Lipinski definition) is 2. The summed E-state index contributed by atoms with van der Waals surface area (Å²) in [5.41, 5.74) is 7.67. The number of rotatable bonds is 6. The molecule has 7 nitrogen and oxygen atoms in total. The van der Waals surface area contributed by atoms with Crippen LogP contribution in [0.4, 0.5) is 0 Å². The highest BCUT2D eigenvalue weighted by atomic mass is 79.9. The topological polar surface area (TPSA) is 118 Å². The van der Waals surface area contributed by atoms with Gasteiger partial charge in [0.1, 0.15) is 5.92 Å². The van der Waals surface area contributed by atoms with Gasteiger partial charge in [0.05, 0.1) is 10.9 Å². The smallest absolute Gasteiger partial charge is 0.277 e. The predicted octanol–water partition coefficient (Wildman–Crippen LogP) is 4.12. The van der Waals surface area contributed by atoms with Crippen molar-refractivity contribution in [3.8, 4) is 21.6 Å². The predicted molar refractivity (Wildman–Crippen MR) is 127 cm³/mol. The summed E-state index contributed by atoms with van der Waals surface area (Å²) >= 11 is 4.78. The summed E-state index contributed by atoms with van der Waals surface area (Å²) < 4.78 is 2.32. The van der Waals surface area contributed by atoms with Crippen molar-refractivity contribution in [2.75, 3.05) is 0 Å². The van der Waals surface area contributed by atoms with E-state index in [2.05, 4.69) is 26.0 Å². The monoisotopic (exact) mass is 507 g/mol. The molecule has 0 saturated heterocycles. The van der Waals surface area contributed by atoms with Gasteiger partial charge in [0, 0.05) is 27.8 Å². The Hall–Kier alpha value is -3.48. The molecule has 0 bridgehead atoms. The van der Waals surface area contributed by atoms with Gasteiger partial charge in [-0.05, 0) is 30.2 Å². The van der Waals surface area contributed by atoms with E-state index >= 15 is 0 Å². The summed E-state index contributed by atoms with van der Waals surface area (Å²) in [5.74, 6) is -2.77. The lowest BCUT2D eigenvalue weighted by atomic mass is 9.81. The van der Waals surface area contributed by atoms with Crippen molar-refractivity contribution in [3.05, 3.63) is 92.4 Å². The number of aromatic amines is 1. The number of primary amides is 1. The Morgan fingerprint density at radius 3 is 2.53 bits per heavy atom. The molecule has 0 fully saturated rings. The number of halogens is 1. The average Bonchev–Trinajstić information content (AvgIpc) is 3.38. The lowest BCUT2D eigenvalue weighted by Crippen LogP contribution is -2.31. The van der Waals surface area contributed by atoms with Crippen molar-refractivity contribution in [2.45, 2.75) is 12.8 Å². The highest BCUT2D eigenvalue weighted by Crippen LogP contribution is 2.33. The zero-order valence-electron chi connectivity index (χ0n) is 16.9. The largest absolute Gasteiger partial charge is 0.369 e. The number of H-pyrrole nitrogens is 1. The zero-order chi connectivity index (χ0) is 22.8. The van der Waals surface area contributed by atoms with Gasteiger partial charge in [-0.15, -0.1) is 0 Å². The summed E-state index contributed by atoms with van der Waals surface area (Å²) in [5, 5.41) is 13.2. The molecule has 3 N–H and O–H groups in total. The van der Waals surface area contributed by atoms with Crippen LogP contribution in [0, 0.1) is 24.2 Å². The molecule has 1 amide bonds. The SMILES string of the molecule is Cc1[nH]n(-c2ncc(-c3ccc(Br)cc3)s2)c(=O)c1[C@H](c1ccccc1)[C@@H](C#N)C(N)=O. The number of benzene rings is 2. The van der Waals surface area contributed by atoms with Crippen LogP contribution in [0.3, 0.4) is 0 Å². The van der Waals surface area contributed by atoms with Gasteiger partial charge in [-0.2, -0.15) is 9.94 Å². The van der Waals surface area contributed by atoms with Crippen LogP contribution in [-0.2, 0) is 4.79 Å². The molecule has 2 aromatic carbocycles. The van der Waals surface area contributed by atoms with E-state index in [9.17, 15) is 14.9 Å². The maximum atomic E-state index is 13.5. The molecule has 0 saturated carbocycles. The van der Waals surface area contributed by atoms with Gasteiger partial charge in [-0.3, -0.25) is 14.7 Å². The fraction of sp³-hybridized carbons (Fsp3) is 0.130. The van der Waals surface area contributed by atoms with Crippen LogP contribution < -0.4 is 11.3 Å². The molecule has 2 aromatic heterocycles. The summed E-state index contributed by atoms with van der Waals surface area (Å²) in [6.07, 6.45) is 1.71. The van der Waals surface area contributed by atoms with Gasteiger partial charge in [0.15, 0.2) is 0 Å². The van der Waals surface area contributed by atoms with E-state index in [0.29, 0.717) is 22.0 Å². The molecular weight excluding hydrogens is 490 g/mol. The number of nitrogens with zero attached hydrogens (tertiary/aromatic N) is 3. The third kappa shape index (κ3) is 4.02. The number of hydrogen-bond acceptors (Lipinski definition) is 5. The summed E-state index contributed by atoms with van der Waals surface area (Å²) in [6, 6.07) is 18.8. The van der Waals surface area contributed by atoms with Crippen LogP contribution in [0.5, 0.6) is 0 Å². The fourth-order valence-corrected chi connectivity index (χ4v) is 4.81. The van der Waals surface area contributed by atoms with Crippen LogP contribution >= 0.6 is 27.3 Å². The molecule has 4 rings (SSSR count). The highest BCUT2D eigenvalue weighted by molar-refractivity contribution is 9.10. The minimum Gasteiger partial charge on any atom is -0.369 e. The van der Waals surface area contributed by atoms with E-state index < -0.39 is 17.7 Å². The molecule has 160 valence electrons. The van der Waals surface area contributed by atoms with E-state index in [-0.39, 0.29) is 5.56 Å². The van der Waals surface area contributed by atoms with Crippen molar-refractivity contribution >= 4 is 33.2 Å². The lowest BCUT2D eigenvalue weighted by Gasteiger charge is -2.19. The van der Waals surface area contributed by atoms with E-state index in [0.717, 1.165) is 14.9 Å². The molecule has 0 aliphatic rings. The van der Waals surface area contributed by atoms with Gasteiger partial charge in [-0.25, -0.2) is 4.98 Å². The molecule has 0 aliphatic heterocycles. The zero-order valence-corrected chi connectivity index (χ0v) is 19.4. The number of aromatic nitrogens is 3. The normalized spacial score (nSPS) is 12.8. The van der Waals surface area contributed by atoms with Crippen molar-refractivity contribution in [1.29, 1.82) is 5.26 Å². The van der Waals surface area contributed by atoms with Gasteiger partial charge in [0.25, 0.3) is 5.56 Å². The van der Waals surface area contributed by atoms with Gasteiger partial charge in [0.2, 0.25) is 11.0 Å². The maximum Gasteiger partial charge on any atom is 0.277 e. The number of nitrogens with two attached hydrogens (primary N) is 1. The molecule has 9 heteroatoms. The molecule has 2 atom stereocenters. The van der Waals surface area contributed by atoms with Crippen molar-refractivity contribution < 1.29 is 4.79 Å². The second kappa shape index (κ2) is 8.94. The van der Waals surface area contributed by atoms with Gasteiger partial charge < -0.3 is 5.73 Å². The van der Waals surface area contributed by atoms with Crippen molar-refractivity contribution in [2.24, 2.45) is 11.7 Å². The number of thiazole rings is 1. The Balaban J connectivity index is 1.82. The quantitative estimate of drug-likeness (QED) is 0.408. The first-order valence-electron chi connectivity index (χ1n) is 9.68. The molecule has 32 heavy (non-hydrogen) atoms. The van der Waals surface area contributed by atoms with Crippen LogP contribution in [0.15, 0.2) is 70.1 Å². The number of carbonyl (C=O) groups is 1.